The second-order valence-corrected chi connectivity index (χ2v) is 4.04. The second kappa shape index (κ2) is 3.15. The highest BCUT2D eigenvalue weighted by atomic mass is 79.9. The first kappa shape index (κ1) is 9.68. The van der Waals surface area contributed by atoms with Crippen LogP contribution in [0.4, 0.5) is 4.39 Å². The van der Waals surface area contributed by atoms with Crippen molar-refractivity contribution in [1.82, 2.24) is 0 Å². The Morgan fingerprint density at radius 1 is 1.42 bits per heavy atom. The van der Waals surface area contributed by atoms with E-state index in [1.54, 1.807) is 19.9 Å². The maximum atomic E-state index is 12.6. The van der Waals surface area contributed by atoms with Crippen molar-refractivity contribution in [1.29, 1.82) is 0 Å². The zero-order valence-electron chi connectivity index (χ0n) is 6.94. The van der Waals surface area contributed by atoms with Gasteiger partial charge >= 0.3 is 0 Å². The Bertz CT molecular complexity index is 291. The first-order valence-electron chi connectivity index (χ1n) is 3.59. The van der Waals surface area contributed by atoms with Gasteiger partial charge < -0.3 is 5.11 Å². The van der Waals surface area contributed by atoms with Gasteiger partial charge in [-0.3, -0.25) is 0 Å². The van der Waals surface area contributed by atoms with E-state index >= 15 is 0 Å². The van der Waals surface area contributed by atoms with E-state index in [1.807, 2.05) is 0 Å². The molecule has 0 atom stereocenters. The molecule has 0 saturated heterocycles. The summed E-state index contributed by atoms with van der Waals surface area (Å²) in [6, 6.07) is 4.24. The standard InChI is InChI=1S/C9H10BrFO/c1-9(2,12)7-4-3-6(11)5-8(7)10/h3-5,12H,1-2H3. The van der Waals surface area contributed by atoms with Crippen LogP contribution < -0.4 is 0 Å². The number of benzene rings is 1. The van der Waals surface area contributed by atoms with E-state index in [2.05, 4.69) is 15.9 Å². The van der Waals surface area contributed by atoms with E-state index in [0.717, 1.165) is 0 Å². The van der Waals surface area contributed by atoms with Crippen LogP contribution in [0.3, 0.4) is 0 Å². The van der Waals surface area contributed by atoms with E-state index in [1.165, 1.54) is 12.1 Å². The molecular formula is C9H10BrFO. The van der Waals surface area contributed by atoms with Gasteiger partial charge in [-0.15, -0.1) is 0 Å². The van der Waals surface area contributed by atoms with Gasteiger partial charge in [0, 0.05) is 4.47 Å². The Labute approximate surface area is 79.4 Å². The van der Waals surface area contributed by atoms with Crippen LogP contribution in [0.25, 0.3) is 0 Å². The van der Waals surface area contributed by atoms with Crippen LogP contribution >= 0.6 is 15.9 Å². The number of hydrogen-bond acceptors (Lipinski definition) is 1. The molecule has 0 aliphatic carbocycles. The first-order chi connectivity index (χ1) is 5.41. The van der Waals surface area contributed by atoms with Crippen LogP contribution in [0, 0.1) is 5.82 Å². The average Bonchev–Trinajstić information content (AvgIpc) is 1.83. The number of halogens is 2. The summed E-state index contributed by atoms with van der Waals surface area (Å²) >= 11 is 3.18. The van der Waals surface area contributed by atoms with Gasteiger partial charge in [0.2, 0.25) is 0 Å². The van der Waals surface area contributed by atoms with Gasteiger partial charge in [0.05, 0.1) is 5.60 Å². The molecular weight excluding hydrogens is 223 g/mol. The highest BCUT2D eigenvalue weighted by molar-refractivity contribution is 9.10. The van der Waals surface area contributed by atoms with Crippen LogP contribution in [-0.2, 0) is 5.60 Å². The Morgan fingerprint density at radius 3 is 2.42 bits per heavy atom. The van der Waals surface area contributed by atoms with Crippen molar-refractivity contribution in [2.24, 2.45) is 0 Å². The fourth-order valence-electron chi connectivity index (χ4n) is 0.986. The van der Waals surface area contributed by atoms with Gasteiger partial charge in [0.15, 0.2) is 0 Å². The third kappa shape index (κ3) is 2.05. The van der Waals surface area contributed by atoms with Gasteiger partial charge in [0.1, 0.15) is 5.82 Å². The molecule has 1 rings (SSSR count). The van der Waals surface area contributed by atoms with Crippen molar-refractivity contribution in [3.8, 4) is 0 Å². The molecule has 3 heteroatoms. The summed E-state index contributed by atoms with van der Waals surface area (Å²) in [5.74, 6) is -0.310. The zero-order chi connectivity index (χ0) is 9.35. The number of aliphatic hydroxyl groups is 1. The molecule has 0 spiro atoms. The molecule has 1 nitrogen and oxygen atoms in total. The van der Waals surface area contributed by atoms with Crippen molar-refractivity contribution in [3.05, 3.63) is 34.1 Å². The minimum Gasteiger partial charge on any atom is -0.386 e. The van der Waals surface area contributed by atoms with Gasteiger partial charge in [-0.25, -0.2) is 4.39 Å². The minimum atomic E-state index is -0.938. The van der Waals surface area contributed by atoms with E-state index < -0.39 is 5.60 Å². The summed E-state index contributed by atoms with van der Waals surface area (Å²) < 4.78 is 13.2. The molecule has 0 fully saturated rings. The molecule has 66 valence electrons. The lowest BCUT2D eigenvalue weighted by atomic mass is 9.99. The summed E-state index contributed by atoms with van der Waals surface area (Å²) in [5, 5.41) is 9.61. The Balaban J connectivity index is 3.19. The van der Waals surface area contributed by atoms with E-state index in [0.29, 0.717) is 10.0 Å². The number of rotatable bonds is 1. The molecule has 0 heterocycles. The van der Waals surface area contributed by atoms with Gasteiger partial charge in [0.25, 0.3) is 0 Å². The molecule has 0 aliphatic heterocycles. The maximum Gasteiger partial charge on any atom is 0.124 e. The predicted molar refractivity (Wildman–Crippen MR) is 49.3 cm³/mol. The van der Waals surface area contributed by atoms with Crippen molar-refractivity contribution in [2.45, 2.75) is 19.4 Å². The van der Waals surface area contributed by atoms with Gasteiger partial charge in [-0.05, 0) is 31.5 Å². The average molecular weight is 233 g/mol. The lowest BCUT2D eigenvalue weighted by Gasteiger charge is -2.19. The van der Waals surface area contributed by atoms with Gasteiger partial charge in [-0.2, -0.15) is 0 Å². The SMILES string of the molecule is CC(C)(O)c1ccc(F)cc1Br. The summed E-state index contributed by atoms with van der Waals surface area (Å²) in [7, 11) is 0. The topological polar surface area (TPSA) is 20.2 Å². The molecule has 0 bridgehead atoms. The lowest BCUT2D eigenvalue weighted by Crippen LogP contribution is -2.16. The molecule has 0 aromatic heterocycles. The molecule has 1 aromatic rings. The first-order valence-corrected chi connectivity index (χ1v) is 4.38. The normalized spacial score (nSPS) is 11.8. The van der Waals surface area contributed by atoms with Crippen LogP contribution in [0.1, 0.15) is 19.4 Å². The Kier molecular flexibility index (Phi) is 2.54. The minimum absolute atomic E-state index is 0.310. The van der Waals surface area contributed by atoms with Crippen molar-refractivity contribution in [2.75, 3.05) is 0 Å². The van der Waals surface area contributed by atoms with Crippen LogP contribution in [0.5, 0.6) is 0 Å². The molecule has 0 aliphatic rings. The van der Waals surface area contributed by atoms with E-state index in [9.17, 15) is 9.50 Å². The smallest absolute Gasteiger partial charge is 0.124 e. The molecule has 1 N–H and O–H groups in total. The molecule has 12 heavy (non-hydrogen) atoms. The second-order valence-electron chi connectivity index (χ2n) is 3.18. The van der Waals surface area contributed by atoms with Crippen molar-refractivity contribution >= 4 is 15.9 Å². The van der Waals surface area contributed by atoms with E-state index in [-0.39, 0.29) is 5.82 Å². The zero-order valence-corrected chi connectivity index (χ0v) is 8.52. The molecule has 1 aromatic carbocycles. The van der Waals surface area contributed by atoms with Gasteiger partial charge in [-0.1, -0.05) is 22.0 Å². The summed E-state index contributed by atoms with van der Waals surface area (Å²) in [5.41, 5.74) is -0.254. The van der Waals surface area contributed by atoms with Crippen LogP contribution in [0.15, 0.2) is 22.7 Å². The highest BCUT2D eigenvalue weighted by Crippen LogP contribution is 2.28. The van der Waals surface area contributed by atoms with E-state index in [4.69, 9.17) is 0 Å². The Hall–Kier alpha value is -0.410. The van der Waals surface area contributed by atoms with Crippen molar-refractivity contribution < 1.29 is 9.50 Å². The fourth-order valence-corrected chi connectivity index (χ4v) is 1.82. The third-order valence-corrected chi connectivity index (χ3v) is 2.25. The summed E-state index contributed by atoms with van der Waals surface area (Å²) in [6.07, 6.45) is 0. The molecule has 0 saturated carbocycles. The number of hydrogen-bond donors (Lipinski definition) is 1. The summed E-state index contributed by atoms with van der Waals surface area (Å²) in [4.78, 5) is 0. The van der Waals surface area contributed by atoms with Crippen LogP contribution in [0.2, 0.25) is 0 Å². The van der Waals surface area contributed by atoms with Crippen molar-refractivity contribution in [3.63, 3.8) is 0 Å². The predicted octanol–water partition coefficient (Wildman–Crippen LogP) is 2.82. The summed E-state index contributed by atoms with van der Waals surface area (Å²) in [6.45, 7) is 3.32. The Morgan fingerprint density at radius 2 is 2.00 bits per heavy atom. The van der Waals surface area contributed by atoms with Crippen LogP contribution in [-0.4, -0.2) is 5.11 Å². The maximum absolute atomic E-state index is 12.6. The highest BCUT2D eigenvalue weighted by Gasteiger charge is 2.18. The molecule has 0 amide bonds. The molecule has 0 radical (unpaired) electrons. The lowest BCUT2D eigenvalue weighted by molar-refractivity contribution is 0.0777. The molecule has 0 unspecified atom stereocenters. The third-order valence-electron chi connectivity index (χ3n) is 1.59. The monoisotopic (exact) mass is 232 g/mol. The largest absolute Gasteiger partial charge is 0.386 e. The quantitative estimate of drug-likeness (QED) is 0.790. The fraction of sp³-hybridized carbons (Fsp3) is 0.333.